The van der Waals surface area contributed by atoms with Gasteiger partial charge in [-0.2, -0.15) is 0 Å². The first kappa shape index (κ1) is 30.6. The predicted molar refractivity (Wildman–Crippen MR) is 158 cm³/mol. The highest BCUT2D eigenvalue weighted by atomic mass is 35.5. The molecule has 0 saturated heterocycles. The van der Waals surface area contributed by atoms with Gasteiger partial charge >= 0.3 is 0 Å². The number of hydrogen-bond donors (Lipinski definition) is 1. The Labute approximate surface area is 250 Å². The van der Waals surface area contributed by atoms with Crippen LogP contribution >= 0.6 is 23.2 Å². The fourth-order valence-electron chi connectivity index (χ4n) is 4.64. The minimum absolute atomic E-state index is 0.0644. The number of fused-ring (bicyclic) bond motifs is 1. The van der Waals surface area contributed by atoms with E-state index in [1.807, 2.05) is 44.2 Å². The maximum Gasteiger partial charge on any atom is 0.269 e. The molecule has 3 aromatic carbocycles. The van der Waals surface area contributed by atoms with E-state index in [-0.39, 0.29) is 48.3 Å². The highest BCUT2D eigenvalue weighted by Crippen LogP contribution is 2.31. The van der Waals surface area contributed by atoms with Crippen LogP contribution in [0.4, 0.5) is 0 Å². The van der Waals surface area contributed by atoms with E-state index >= 15 is 0 Å². The van der Waals surface area contributed by atoms with Gasteiger partial charge in [-0.25, -0.2) is 12.7 Å². The van der Waals surface area contributed by atoms with E-state index in [9.17, 15) is 22.8 Å². The molecule has 1 aliphatic heterocycles. The van der Waals surface area contributed by atoms with Gasteiger partial charge < -0.3 is 10.2 Å². The van der Waals surface area contributed by atoms with Crippen LogP contribution in [-0.2, 0) is 32.6 Å². The predicted octanol–water partition coefficient (Wildman–Crippen LogP) is 5.08. The zero-order chi connectivity index (χ0) is 29.7. The summed E-state index contributed by atoms with van der Waals surface area (Å²) in [6.45, 7) is 3.33. The summed E-state index contributed by atoms with van der Waals surface area (Å²) in [5.41, 5.74) is 1.35. The Morgan fingerprint density at radius 3 is 2.22 bits per heavy atom. The number of rotatable bonds is 11. The molecule has 0 spiro atoms. The third-order valence-corrected chi connectivity index (χ3v) is 9.65. The Morgan fingerprint density at radius 2 is 1.59 bits per heavy atom. The topological polar surface area (TPSA) is 104 Å². The first-order valence-corrected chi connectivity index (χ1v) is 15.5. The highest BCUT2D eigenvalue weighted by Gasteiger charge is 2.41. The maximum absolute atomic E-state index is 13.9. The molecule has 0 unspecified atom stereocenters. The zero-order valence-electron chi connectivity index (χ0n) is 22.7. The van der Waals surface area contributed by atoms with Crippen molar-refractivity contribution in [1.29, 1.82) is 0 Å². The van der Waals surface area contributed by atoms with E-state index in [1.54, 1.807) is 24.3 Å². The molecule has 11 heteroatoms. The van der Waals surface area contributed by atoms with Crippen molar-refractivity contribution in [3.8, 4) is 0 Å². The molecule has 0 saturated carbocycles. The Hall–Kier alpha value is -3.40. The lowest BCUT2D eigenvalue weighted by Crippen LogP contribution is -2.52. The number of nitrogens with one attached hydrogen (secondary N) is 1. The van der Waals surface area contributed by atoms with Crippen molar-refractivity contribution in [3.63, 3.8) is 0 Å². The second-order valence-electron chi connectivity index (χ2n) is 9.87. The number of amides is 3. The molecule has 4 rings (SSSR count). The van der Waals surface area contributed by atoms with Crippen LogP contribution < -0.4 is 5.32 Å². The molecule has 0 radical (unpaired) electrons. The van der Waals surface area contributed by atoms with Crippen molar-refractivity contribution in [3.05, 3.63) is 99.5 Å². The molecular weight excluding hydrogens is 585 g/mol. The third-order valence-electron chi connectivity index (χ3n) is 7.10. The van der Waals surface area contributed by atoms with Gasteiger partial charge in [-0.1, -0.05) is 78.7 Å². The molecule has 3 amide bonds. The number of halogens is 2. The lowest BCUT2D eigenvalue weighted by molar-refractivity contribution is -0.141. The Kier molecular flexibility index (Phi) is 9.73. The van der Waals surface area contributed by atoms with Gasteiger partial charge in [0.2, 0.25) is 11.8 Å². The first-order chi connectivity index (χ1) is 19.5. The van der Waals surface area contributed by atoms with E-state index < -0.39 is 27.9 Å². The quantitative estimate of drug-likeness (QED) is 0.324. The minimum Gasteiger partial charge on any atom is -0.352 e. The maximum atomic E-state index is 13.9. The highest BCUT2D eigenvalue weighted by molar-refractivity contribution is 7.90. The molecule has 8 nitrogen and oxygen atoms in total. The van der Waals surface area contributed by atoms with Gasteiger partial charge in [-0.05, 0) is 43.2 Å². The fraction of sp³-hybridized carbons (Fsp3) is 0.300. The average Bonchev–Trinajstić information content (AvgIpc) is 3.15. The molecular formula is C30H31Cl2N3O5S. The molecule has 216 valence electrons. The first-order valence-electron chi connectivity index (χ1n) is 13.3. The summed E-state index contributed by atoms with van der Waals surface area (Å²) in [4.78, 5) is 41.8. The Morgan fingerprint density at radius 1 is 0.951 bits per heavy atom. The van der Waals surface area contributed by atoms with Gasteiger partial charge in [0, 0.05) is 47.6 Å². The van der Waals surface area contributed by atoms with E-state index in [0.29, 0.717) is 26.3 Å². The second-order valence-corrected chi connectivity index (χ2v) is 12.5. The van der Waals surface area contributed by atoms with Gasteiger partial charge in [0.1, 0.15) is 10.9 Å². The van der Waals surface area contributed by atoms with Crippen molar-refractivity contribution < 1.29 is 22.8 Å². The van der Waals surface area contributed by atoms with Gasteiger partial charge in [0.15, 0.2) is 0 Å². The van der Waals surface area contributed by atoms with E-state index in [2.05, 4.69) is 5.32 Å². The van der Waals surface area contributed by atoms with Gasteiger partial charge in [-0.15, -0.1) is 0 Å². The monoisotopic (exact) mass is 615 g/mol. The van der Waals surface area contributed by atoms with Crippen molar-refractivity contribution in [1.82, 2.24) is 14.5 Å². The number of carbonyl (C=O) groups is 3. The third kappa shape index (κ3) is 6.74. The average molecular weight is 617 g/mol. The van der Waals surface area contributed by atoms with Crippen LogP contribution in [0.1, 0.15) is 48.2 Å². The lowest BCUT2D eigenvalue weighted by atomic mass is 10.0. The zero-order valence-corrected chi connectivity index (χ0v) is 25.0. The van der Waals surface area contributed by atoms with Crippen LogP contribution in [0.15, 0.2) is 77.7 Å². The summed E-state index contributed by atoms with van der Waals surface area (Å²) in [5, 5.41) is 3.62. The Balaban J connectivity index is 1.68. The van der Waals surface area contributed by atoms with Crippen LogP contribution in [0.25, 0.3) is 0 Å². The minimum atomic E-state index is -4.10. The van der Waals surface area contributed by atoms with Gasteiger partial charge in [0.05, 0.1) is 5.56 Å². The molecule has 0 fully saturated rings. The molecule has 2 atom stereocenters. The van der Waals surface area contributed by atoms with Crippen LogP contribution in [-0.4, -0.2) is 54.0 Å². The molecule has 1 N–H and O–H groups in total. The molecule has 1 aliphatic rings. The molecule has 41 heavy (non-hydrogen) atoms. The van der Waals surface area contributed by atoms with Gasteiger partial charge in [-0.3, -0.25) is 14.4 Å². The van der Waals surface area contributed by atoms with Crippen molar-refractivity contribution in [2.75, 3.05) is 6.54 Å². The molecule has 1 heterocycles. The number of benzene rings is 3. The molecule has 0 aromatic heterocycles. The fourth-order valence-corrected chi connectivity index (χ4v) is 6.73. The Bertz CT molecular complexity index is 1530. The second kappa shape index (κ2) is 13.1. The number of nitrogens with zero attached hydrogens (tertiary/aromatic N) is 2. The van der Waals surface area contributed by atoms with Crippen LogP contribution in [0, 0.1) is 0 Å². The van der Waals surface area contributed by atoms with E-state index in [0.717, 1.165) is 5.56 Å². The SMILES string of the molecule is CC[C@@H](C)NC(=O)[C@H](Cc1ccccc1)N(Cc1c(Cl)cccc1Cl)C(=O)CCN1C(=O)c2ccccc2S1(=O)=O. The molecule has 0 bridgehead atoms. The summed E-state index contributed by atoms with van der Waals surface area (Å²) in [6.07, 6.45) is 0.538. The van der Waals surface area contributed by atoms with Crippen molar-refractivity contribution >= 4 is 50.9 Å². The van der Waals surface area contributed by atoms with E-state index in [4.69, 9.17) is 23.2 Å². The number of sulfonamides is 1. The van der Waals surface area contributed by atoms with Gasteiger partial charge in [0.25, 0.3) is 15.9 Å². The van der Waals surface area contributed by atoms with Crippen LogP contribution in [0.3, 0.4) is 0 Å². The lowest BCUT2D eigenvalue weighted by Gasteiger charge is -2.33. The number of carbonyl (C=O) groups excluding carboxylic acids is 3. The number of hydrogen-bond acceptors (Lipinski definition) is 5. The standard InChI is InChI=1S/C30H31Cl2N3O5S/c1-3-20(2)33-29(37)26(18-21-10-5-4-6-11-21)34(19-23-24(31)13-9-14-25(23)32)28(36)16-17-35-30(38)22-12-7-8-15-27(22)41(35,39)40/h4-15,20,26H,3,16-19H2,1-2H3,(H,33,37)/t20-,26+/m1/s1. The van der Waals surface area contributed by atoms with Crippen molar-refractivity contribution in [2.24, 2.45) is 0 Å². The van der Waals surface area contributed by atoms with Crippen molar-refractivity contribution in [2.45, 2.75) is 56.6 Å². The van der Waals surface area contributed by atoms with Crippen LogP contribution in [0.2, 0.25) is 10.0 Å². The summed E-state index contributed by atoms with van der Waals surface area (Å²) in [5.74, 6) is -1.58. The summed E-state index contributed by atoms with van der Waals surface area (Å²) in [7, 11) is -4.10. The summed E-state index contributed by atoms with van der Waals surface area (Å²) < 4.78 is 26.9. The summed E-state index contributed by atoms with van der Waals surface area (Å²) in [6, 6.07) is 19.1. The largest absolute Gasteiger partial charge is 0.352 e. The van der Waals surface area contributed by atoms with E-state index in [1.165, 1.54) is 23.1 Å². The normalized spacial score (nSPS) is 15.2. The molecule has 3 aromatic rings. The molecule has 0 aliphatic carbocycles. The van der Waals surface area contributed by atoms with Crippen LogP contribution in [0.5, 0.6) is 0 Å². The summed E-state index contributed by atoms with van der Waals surface area (Å²) >= 11 is 12.9. The smallest absolute Gasteiger partial charge is 0.269 e.